The Morgan fingerprint density at radius 2 is 2.05 bits per heavy atom. The molecule has 0 aliphatic carbocycles. The first-order valence-electron chi connectivity index (χ1n) is 5.95. The maximum absolute atomic E-state index is 11.8. The van der Waals surface area contributed by atoms with Gasteiger partial charge >= 0.3 is 0 Å². The van der Waals surface area contributed by atoms with Crippen molar-refractivity contribution in [1.82, 2.24) is 5.32 Å². The van der Waals surface area contributed by atoms with E-state index in [1.807, 2.05) is 6.92 Å². The minimum absolute atomic E-state index is 0.0933. The van der Waals surface area contributed by atoms with Crippen LogP contribution in [0.1, 0.15) is 23.7 Å². The van der Waals surface area contributed by atoms with Crippen LogP contribution in [0.4, 0.5) is 5.69 Å². The van der Waals surface area contributed by atoms with Gasteiger partial charge in [-0.25, -0.2) is 4.99 Å². The first-order valence-corrected chi connectivity index (χ1v) is 6.33. The van der Waals surface area contributed by atoms with Gasteiger partial charge in [0.1, 0.15) is 0 Å². The minimum atomic E-state index is -0.232. The Kier molecular flexibility index (Phi) is 5.79. The lowest BCUT2D eigenvalue weighted by atomic mass is 10.2. The first-order chi connectivity index (χ1) is 9.43. The number of nitrogens with one attached hydrogen (secondary N) is 1. The molecule has 1 amide bonds. The van der Waals surface area contributed by atoms with Gasteiger partial charge in [-0.15, -0.1) is 0 Å². The van der Waals surface area contributed by atoms with Crippen molar-refractivity contribution in [2.45, 2.75) is 13.3 Å². The fourth-order valence-corrected chi connectivity index (χ4v) is 1.64. The molecule has 0 saturated carbocycles. The number of halogens is 1. The molecule has 0 radical (unpaired) electrons. The summed E-state index contributed by atoms with van der Waals surface area (Å²) in [5, 5.41) is 3.01. The van der Waals surface area contributed by atoms with Crippen molar-refractivity contribution in [3.8, 4) is 0 Å². The smallest absolute Gasteiger partial charge is 0.252 e. The van der Waals surface area contributed by atoms with E-state index in [0.29, 0.717) is 17.8 Å². The molecule has 0 spiro atoms. The molecule has 1 aromatic rings. The molecule has 0 atom stereocenters. The lowest BCUT2D eigenvalue weighted by Gasteiger charge is -2.06. The van der Waals surface area contributed by atoms with Crippen molar-refractivity contribution in [2.75, 3.05) is 6.54 Å². The molecule has 0 bridgehead atoms. The number of nitrogens with two attached hydrogens (primary N) is 3. The average Bonchev–Trinajstić information content (AvgIpc) is 2.35. The number of aliphatic imine (C=N–C) groups is 2. The summed E-state index contributed by atoms with van der Waals surface area (Å²) in [5.74, 6) is -0.512. The maximum atomic E-state index is 11.8. The second-order valence-electron chi connectivity index (χ2n) is 3.93. The van der Waals surface area contributed by atoms with Gasteiger partial charge in [0.05, 0.1) is 16.3 Å². The molecule has 0 fully saturated rings. The van der Waals surface area contributed by atoms with E-state index in [4.69, 9.17) is 28.8 Å². The largest absolute Gasteiger partial charge is 0.370 e. The van der Waals surface area contributed by atoms with E-state index in [1.54, 1.807) is 12.1 Å². The van der Waals surface area contributed by atoms with Crippen LogP contribution in [0, 0.1) is 0 Å². The van der Waals surface area contributed by atoms with Gasteiger partial charge in [-0.2, -0.15) is 4.99 Å². The molecule has 7 N–H and O–H groups in total. The zero-order valence-electron chi connectivity index (χ0n) is 11.1. The summed E-state index contributed by atoms with van der Waals surface area (Å²) in [4.78, 5) is 19.3. The van der Waals surface area contributed by atoms with Crippen molar-refractivity contribution in [2.24, 2.45) is 27.2 Å². The first kappa shape index (κ1) is 15.8. The summed E-state index contributed by atoms with van der Waals surface area (Å²) in [6.45, 7) is 2.55. The van der Waals surface area contributed by atoms with Crippen molar-refractivity contribution in [1.29, 1.82) is 0 Å². The third-order valence-corrected chi connectivity index (χ3v) is 2.53. The summed E-state index contributed by atoms with van der Waals surface area (Å²) < 4.78 is 0. The summed E-state index contributed by atoms with van der Waals surface area (Å²) in [7, 11) is 0. The Bertz CT molecular complexity index is 551. The quantitative estimate of drug-likeness (QED) is 0.481. The van der Waals surface area contributed by atoms with Crippen molar-refractivity contribution in [3.63, 3.8) is 0 Å². The molecule has 1 aromatic carbocycles. The number of hydrogen-bond acceptors (Lipinski definition) is 2. The third-order valence-electron chi connectivity index (χ3n) is 2.22. The molecule has 0 aliphatic rings. The van der Waals surface area contributed by atoms with Crippen LogP contribution >= 0.6 is 11.6 Å². The SMILES string of the molecule is CCCNC(=O)c1ccc(N=C(N)N=C(N)N)cc1Cl. The summed E-state index contributed by atoms with van der Waals surface area (Å²) in [5.41, 5.74) is 16.7. The Balaban J connectivity index is 2.93. The maximum Gasteiger partial charge on any atom is 0.252 e. The Morgan fingerprint density at radius 1 is 1.35 bits per heavy atom. The van der Waals surface area contributed by atoms with Gasteiger partial charge < -0.3 is 22.5 Å². The fourth-order valence-electron chi connectivity index (χ4n) is 1.38. The zero-order valence-corrected chi connectivity index (χ0v) is 11.8. The van der Waals surface area contributed by atoms with Crippen LogP contribution in [-0.2, 0) is 0 Å². The average molecular weight is 297 g/mol. The molecule has 108 valence electrons. The van der Waals surface area contributed by atoms with E-state index >= 15 is 0 Å². The van der Waals surface area contributed by atoms with Crippen LogP contribution in [0.2, 0.25) is 5.02 Å². The summed E-state index contributed by atoms with van der Waals surface area (Å²) in [6.07, 6.45) is 0.848. The predicted molar refractivity (Wildman–Crippen MR) is 81.2 cm³/mol. The van der Waals surface area contributed by atoms with Crippen molar-refractivity contribution >= 4 is 35.1 Å². The zero-order chi connectivity index (χ0) is 15.1. The Hall–Kier alpha value is -2.28. The molecule has 0 aromatic heterocycles. The molecule has 0 unspecified atom stereocenters. The van der Waals surface area contributed by atoms with Crippen LogP contribution in [0.25, 0.3) is 0 Å². The van der Waals surface area contributed by atoms with Gasteiger partial charge in [-0.1, -0.05) is 18.5 Å². The Labute approximate surface area is 121 Å². The van der Waals surface area contributed by atoms with E-state index in [1.165, 1.54) is 6.07 Å². The third kappa shape index (κ3) is 4.77. The van der Waals surface area contributed by atoms with Crippen LogP contribution < -0.4 is 22.5 Å². The highest BCUT2D eigenvalue weighted by atomic mass is 35.5. The molecule has 1 rings (SSSR count). The number of nitrogens with zero attached hydrogens (tertiary/aromatic N) is 2. The van der Waals surface area contributed by atoms with Crippen LogP contribution in [0.15, 0.2) is 28.2 Å². The molecule has 7 nitrogen and oxygen atoms in total. The van der Waals surface area contributed by atoms with E-state index in [0.717, 1.165) is 6.42 Å². The molecule has 8 heteroatoms. The number of guanidine groups is 2. The van der Waals surface area contributed by atoms with Gasteiger partial charge in [0.15, 0.2) is 5.96 Å². The number of benzene rings is 1. The van der Waals surface area contributed by atoms with Gasteiger partial charge in [-0.3, -0.25) is 4.79 Å². The molecule has 0 saturated heterocycles. The van der Waals surface area contributed by atoms with E-state index < -0.39 is 0 Å². The number of amides is 1. The van der Waals surface area contributed by atoms with Gasteiger partial charge in [0.25, 0.3) is 5.91 Å². The van der Waals surface area contributed by atoms with Gasteiger partial charge in [0, 0.05) is 6.54 Å². The van der Waals surface area contributed by atoms with Crippen LogP contribution in [-0.4, -0.2) is 24.4 Å². The van der Waals surface area contributed by atoms with Gasteiger partial charge in [0.2, 0.25) is 5.96 Å². The number of hydrogen-bond donors (Lipinski definition) is 4. The second kappa shape index (κ2) is 7.34. The van der Waals surface area contributed by atoms with E-state index in [-0.39, 0.29) is 22.8 Å². The number of rotatable bonds is 4. The lowest BCUT2D eigenvalue weighted by molar-refractivity contribution is 0.0954. The fraction of sp³-hybridized carbons (Fsp3) is 0.250. The van der Waals surface area contributed by atoms with Crippen molar-refractivity contribution in [3.05, 3.63) is 28.8 Å². The van der Waals surface area contributed by atoms with Crippen molar-refractivity contribution < 1.29 is 4.79 Å². The summed E-state index contributed by atoms with van der Waals surface area (Å²) in [6, 6.07) is 4.67. The monoisotopic (exact) mass is 296 g/mol. The molecule has 0 aliphatic heterocycles. The van der Waals surface area contributed by atoms with E-state index in [2.05, 4.69) is 15.3 Å². The van der Waals surface area contributed by atoms with E-state index in [9.17, 15) is 4.79 Å². The Morgan fingerprint density at radius 3 is 2.60 bits per heavy atom. The topological polar surface area (TPSA) is 132 Å². The highest BCUT2D eigenvalue weighted by molar-refractivity contribution is 6.34. The minimum Gasteiger partial charge on any atom is -0.370 e. The van der Waals surface area contributed by atoms with Crippen LogP contribution in [0.5, 0.6) is 0 Å². The molecule has 0 heterocycles. The highest BCUT2D eigenvalue weighted by Gasteiger charge is 2.10. The van der Waals surface area contributed by atoms with Crippen LogP contribution in [0.3, 0.4) is 0 Å². The van der Waals surface area contributed by atoms with Gasteiger partial charge in [-0.05, 0) is 24.6 Å². The predicted octanol–water partition coefficient (Wildman–Crippen LogP) is 0.699. The normalized spacial score (nSPS) is 11.0. The summed E-state index contributed by atoms with van der Waals surface area (Å²) >= 11 is 6.04. The molecular formula is C12H17ClN6O. The molecule has 20 heavy (non-hydrogen) atoms. The lowest BCUT2D eigenvalue weighted by Crippen LogP contribution is -2.26. The standard InChI is InChI=1S/C12H17ClN6O/c1-2-5-17-10(20)8-4-3-7(6-9(8)13)18-12(16)19-11(14)15/h3-4,6H,2,5H2,1H3,(H,17,20)(H6,14,15,16,18,19). The number of carbonyl (C=O) groups excluding carboxylic acids is 1. The molecular weight excluding hydrogens is 280 g/mol. The second-order valence-corrected chi connectivity index (χ2v) is 4.33. The highest BCUT2D eigenvalue weighted by Crippen LogP contribution is 2.23. The number of carbonyl (C=O) groups is 1.